The molecule has 0 saturated carbocycles. The molecule has 74 valence electrons. The molecule has 4 heteroatoms. The van der Waals surface area contributed by atoms with Crippen LogP contribution >= 0.6 is 0 Å². The second kappa shape index (κ2) is 5.20. The molecule has 1 unspecified atom stereocenters. The smallest absolute Gasteiger partial charge is 0.143 e. The molecular weight excluding hydrogens is 176 g/mol. The van der Waals surface area contributed by atoms with Gasteiger partial charge in [-0.3, -0.25) is 0 Å². The van der Waals surface area contributed by atoms with Crippen molar-refractivity contribution in [2.24, 2.45) is 5.73 Å². The first-order valence-corrected chi connectivity index (χ1v) is 4.62. The van der Waals surface area contributed by atoms with Crippen LogP contribution in [-0.2, 0) is 0 Å². The Labute approximate surface area is 83.8 Å². The molecule has 14 heavy (non-hydrogen) atoms. The fourth-order valence-electron chi connectivity index (χ4n) is 1.01. The summed E-state index contributed by atoms with van der Waals surface area (Å²) in [6, 6.07) is 5.64. The van der Waals surface area contributed by atoms with Crippen LogP contribution in [0.5, 0.6) is 0 Å². The Bertz CT molecular complexity index is 329. The minimum absolute atomic E-state index is 0.101. The summed E-state index contributed by atoms with van der Waals surface area (Å²) >= 11 is 0. The van der Waals surface area contributed by atoms with Crippen molar-refractivity contribution in [1.29, 1.82) is 5.26 Å². The number of aromatic nitrogens is 1. The van der Waals surface area contributed by atoms with Crippen molar-refractivity contribution in [3.05, 3.63) is 23.9 Å². The third-order valence-electron chi connectivity index (χ3n) is 1.98. The molecule has 1 aromatic heterocycles. The number of nitrogens with one attached hydrogen (secondary N) is 1. The highest BCUT2D eigenvalue weighted by molar-refractivity contribution is 5.51. The number of hydrogen-bond donors (Lipinski definition) is 2. The number of nitrogens with zero attached hydrogens (tertiary/aromatic N) is 2. The normalized spacial score (nSPS) is 11.8. The number of nitriles is 1. The van der Waals surface area contributed by atoms with Gasteiger partial charge in [0.25, 0.3) is 0 Å². The summed E-state index contributed by atoms with van der Waals surface area (Å²) in [4.78, 5) is 4.07. The molecule has 0 fully saturated rings. The molecule has 1 atom stereocenters. The minimum atomic E-state index is 0.101. The monoisotopic (exact) mass is 190 g/mol. The Morgan fingerprint density at radius 1 is 1.71 bits per heavy atom. The van der Waals surface area contributed by atoms with Gasteiger partial charge in [-0.1, -0.05) is 6.92 Å². The van der Waals surface area contributed by atoms with Crippen LogP contribution in [0.1, 0.15) is 18.9 Å². The van der Waals surface area contributed by atoms with Crippen LogP contribution in [0.15, 0.2) is 18.3 Å². The first-order valence-electron chi connectivity index (χ1n) is 4.62. The zero-order valence-electron chi connectivity index (χ0n) is 8.20. The maximum atomic E-state index is 8.78. The van der Waals surface area contributed by atoms with E-state index in [0.29, 0.717) is 17.9 Å². The van der Waals surface area contributed by atoms with Crippen LogP contribution in [-0.4, -0.2) is 17.6 Å². The number of anilines is 1. The standard InChI is InChI=1S/C10H14N4/c1-2-9(12)7-14-10-8(6-11)4-3-5-13-10/h3-5,9H,2,7,12H2,1H3,(H,13,14). The highest BCUT2D eigenvalue weighted by Gasteiger charge is 2.03. The van der Waals surface area contributed by atoms with Gasteiger partial charge in [-0.25, -0.2) is 4.98 Å². The molecule has 1 aromatic rings. The lowest BCUT2D eigenvalue weighted by molar-refractivity contribution is 0.678. The number of nitrogens with two attached hydrogens (primary N) is 1. The molecule has 0 radical (unpaired) electrons. The van der Waals surface area contributed by atoms with Crippen LogP contribution in [0.4, 0.5) is 5.82 Å². The van der Waals surface area contributed by atoms with E-state index in [2.05, 4.69) is 16.4 Å². The second-order valence-corrected chi connectivity index (χ2v) is 3.06. The lowest BCUT2D eigenvalue weighted by Gasteiger charge is -2.11. The number of rotatable bonds is 4. The molecule has 3 N–H and O–H groups in total. The van der Waals surface area contributed by atoms with Crippen molar-refractivity contribution in [3.8, 4) is 6.07 Å². The average Bonchev–Trinajstić information content (AvgIpc) is 2.26. The Morgan fingerprint density at radius 2 is 2.50 bits per heavy atom. The minimum Gasteiger partial charge on any atom is -0.367 e. The zero-order valence-corrected chi connectivity index (χ0v) is 8.20. The lowest BCUT2D eigenvalue weighted by Crippen LogP contribution is -2.28. The van der Waals surface area contributed by atoms with Crippen LogP contribution in [0.25, 0.3) is 0 Å². The van der Waals surface area contributed by atoms with E-state index < -0.39 is 0 Å². The average molecular weight is 190 g/mol. The van der Waals surface area contributed by atoms with Crippen molar-refractivity contribution >= 4 is 5.82 Å². The highest BCUT2D eigenvalue weighted by Crippen LogP contribution is 2.09. The highest BCUT2D eigenvalue weighted by atomic mass is 15.0. The van der Waals surface area contributed by atoms with Gasteiger partial charge in [0.05, 0.1) is 5.56 Å². The van der Waals surface area contributed by atoms with E-state index in [0.717, 1.165) is 6.42 Å². The summed E-state index contributed by atoms with van der Waals surface area (Å²) in [5.74, 6) is 0.610. The fraction of sp³-hybridized carbons (Fsp3) is 0.400. The summed E-state index contributed by atoms with van der Waals surface area (Å²) in [7, 11) is 0. The van der Waals surface area contributed by atoms with E-state index in [1.807, 2.05) is 6.92 Å². The van der Waals surface area contributed by atoms with Gasteiger partial charge in [-0.2, -0.15) is 5.26 Å². The van der Waals surface area contributed by atoms with Crippen molar-refractivity contribution in [2.45, 2.75) is 19.4 Å². The molecule has 1 rings (SSSR count). The predicted octanol–water partition coefficient (Wildman–Crippen LogP) is 1.10. The third kappa shape index (κ3) is 2.71. The molecule has 0 saturated heterocycles. The summed E-state index contributed by atoms with van der Waals surface area (Å²) in [5.41, 5.74) is 6.29. The molecule has 0 amide bonds. The van der Waals surface area contributed by atoms with Gasteiger partial charge in [0.2, 0.25) is 0 Å². The summed E-state index contributed by atoms with van der Waals surface area (Å²) in [5, 5.41) is 11.8. The third-order valence-corrected chi connectivity index (χ3v) is 1.98. The molecule has 0 aliphatic carbocycles. The number of pyridine rings is 1. The van der Waals surface area contributed by atoms with Crippen molar-refractivity contribution in [1.82, 2.24) is 4.98 Å². The van der Waals surface area contributed by atoms with Crippen molar-refractivity contribution in [2.75, 3.05) is 11.9 Å². The van der Waals surface area contributed by atoms with Gasteiger partial charge >= 0.3 is 0 Å². The van der Waals surface area contributed by atoms with Gasteiger partial charge in [0, 0.05) is 18.8 Å². The first kappa shape index (κ1) is 10.5. The molecule has 0 spiro atoms. The Balaban J connectivity index is 2.63. The van der Waals surface area contributed by atoms with Crippen LogP contribution < -0.4 is 11.1 Å². The van der Waals surface area contributed by atoms with Gasteiger partial charge in [-0.15, -0.1) is 0 Å². The quantitative estimate of drug-likeness (QED) is 0.745. The van der Waals surface area contributed by atoms with Gasteiger partial charge in [0.15, 0.2) is 0 Å². The summed E-state index contributed by atoms with van der Waals surface area (Å²) in [6.07, 6.45) is 2.56. The van der Waals surface area contributed by atoms with Crippen molar-refractivity contribution in [3.63, 3.8) is 0 Å². The first-order chi connectivity index (χ1) is 6.77. The van der Waals surface area contributed by atoms with E-state index in [-0.39, 0.29) is 6.04 Å². The van der Waals surface area contributed by atoms with Gasteiger partial charge in [-0.05, 0) is 18.6 Å². The SMILES string of the molecule is CCC(N)CNc1ncccc1C#N. The van der Waals surface area contributed by atoms with Crippen molar-refractivity contribution < 1.29 is 0 Å². The maximum Gasteiger partial charge on any atom is 0.143 e. The van der Waals surface area contributed by atoms with Crippen LogP contribution in [0.3, 0.4) is 0 Å². The van der Waals surface area contributed by atoms with E-state index in [9.17, 15) is 0 Å². The van der Waals surface area contributed by atoms with Gasteiger partial charge in [0.1, 0.15) is 11.9 Å². The molecule has 4 nitrogen and oxygen atoms in total. The molecule has 0 aromatic carbocycles. The van der Waals surface area contributed by atoms with E-state index in [1.54, 1.807) is 18.3 Å². The van der Waals surface area contributed by atoms with E-state index in [1.165, 1.54) is 0 Å². The van der Waals surface area contributed by atoms with E-state index in [4.69, 9.17) is 11.0 Å². The fourth-order valence-corrected chi connectivity index (χ4v) is 1.01. The topological polar surface area (TPSA) is 74.7 Å². The van der Waals surface area contributed by atoms with Gasteiger partial charge < -0.3 is 11.1 Å². The molecule has 1 heterocycles. The molecular formula is C10H14N4. The van der Waals surface area contributed by atoms with E-state index >= 15 is 0 Å². The number of hydrogen-bond acceptors (Lipinski definition) is 4. The lowest BCUT2D eigenvalue weighted by atomic mass is 10.2. The molecule has 0 aliphatic heterocycles. The predicted molar refractivity (Wildman–Crippen MR) is 55.7 cm³/mol. The maximum absolute atomic E-state index is 8.78. The van der Waals surface area contributed by atoms with Crippen LogP contribution in [0, 0.1) is 11.3 Å². The van der Waals surface area contributed by atoms with Crippen LogP contribution in [0.2, 0.25) is 0 Å². The molecule has 0 bridgehead atoms. The Kier molecular flexibility index (Phi) is 3.89. The Morgan fingerprint density at radius 3 is 3.14 bits per heavy atom. The largest absolute Gasteiger partial charge is 0.367 e. The Hall–Kier alpha value is -1.60. The second-order valence-electron chi connectivity index (χ2n) is 3.06. The molecule has 0 aliphatic rings. The zero-order chi connectivity index (χ0) is 10.4. The summed E-state index contributed by atoms with van der Waals surface area (Å²) in [6.45, 7) is 2.66. The summed E-state index contributed by atoms with van der Waals surface area (Å²) < 4.78 is 0.